The summed E-state index contributed by atoms with van der Waals surface area (Å²) in [6.45, 7) is 7.59. The summed E-state index contributed by atoms with van der Waals surface area (Å²) in [5.41, 5.74) is 4.11. The van der Waals surface area contributed by atoms with Gasteiger partial charge in [-0.1, -0.05) is 91.1 Å². The zero-order chi connectivity index (χ0) is 35.3. The first-order chi connectivity index (χ1) is 24.2. The second-order valence-corrected chi connectivity index (χ2v) is 18.3. The van der Waals surface area contributed by atoms with Gasteiger partial charge in [0.15, 0.2) is 0 Å². The molecule has 6 rings (SSSR count). The zero-order valence-corrected chi connectivity index (χ0v) is 30.3. The van der Waals surface area contributed by atoms with E-state index in [-0.39, 0.29) is 42.1 Å². The molecule has 0 spiro atoms. The highest BCUT2D eigenvalue weighted by Crippen LogP contribution is 2.48. The predicted molar refractivity (Wildman–Crippen MR) is 198 cm³/mol. The van der Waals surface area contributed by atoms with E-state index in [2.05, 4.69) is 47.8 Å². The number of fused-ring (bicyclic) bond motifs is 1. The smallest absolute Gasteiger partial charge is 0.255 e. The number of rotatable bonds is 13. The summed E-state index contributed by atoms with van der Waals surface area (Å²) in [5.74, 6) is 1.19. The lowest BCUT2D eigenvalue weighted by Gasteiger charge is -2.46. The average molecular weight is 691 g/mol. The second-order valence-electron chi connectivity index (χ2n) is 13.6. The molecule has 0 saturated heterocycles. The van der Waals surface area contributed by atoms with Crippen LogP contribution < -0.4 is 20.0 Å². The van der Waals surface area contributed by atoms with Crippen molar-refractivity contribution in [1.82, 2.24) is 15.0 Å². The van der Waals surface area contributed by atoms with Crippen LogP contribution in [-0.2, 0) is 11.3 Å². The Bertz CT molecular complexity index is 1870. The molecule has 5 atom stereocenters. The van der Waals surface area contributed by atoms with Gasteiger partial charge in [-0.25, -0.2) is 0 Å². The summed E-state index contributed by atoms with van der Waals surface area (Å²) in [5, 5.41) is 23.6. The number of hydrogen-bond donors (Lipinski definition) is 2. The number of ether oxygens (including phenoxy) is 3. The number of amides is 1. The van der Waals surface area contributed by atoms with E-state index in [4.69, 9.17) is 14.2 Å². The van der Waals surface area contributed by atoms with E-state index in [9.17, 15) is 9.90 Å². The number of methoxy groups -OCH3 is 2. The number of anilines is 1. The fraction of sp³-hybridized carbons (Fsp3) is 0.325. The highest BCUT2D eigenvalue weighted by atomic mass is 28.3. The van der Waals surface area contributed by atoms with Gasteiger partial charge in [0.05, 0.1) is 39.5 Å². The third-order valence-electron chi connectivity index (χ3n) is 10.2. The van der Waals surface area contributed by atoms with Gasteiger partial charge >= 0.3 is 0 Å². The van der Waals surface area contributed by atoms with Gasteiger partial charge in [-0.05, 0) is 60.0 Å². The molecule has 1 amide bonds. The molecule has 2 unspecified atom stereocenters. The molecule has 0 radical (unpaired) electrons. The fourth-order valence-electron chi connectivity index (χ4n) is 7.33. The maximum absolute atomic E-state index is 12.9. The topological polar surface area (TPSA) is 108 Å². The Hall–Kier alpha value is -4.77. The van der Waals surface area contributed by atoms with Crippen LogP contribution in [0.3, 0.4) is 0 Å². The number of carbonyl (C=O) groups excluding carboxylic acids is 1. The third kappa shape index (κ3) is 7.38. The lowest BCUT2D eigenvalue weighted by molar-refractivity contribution is -0.0233. The minimum atomic E-state index is -2.23. The summed E-state index contributed by atoms with van der Waals surface area (Å²) in [4.78, 5) is 12.9. The molecule has 0 fully saturated rings. The van der Waals surface area contributed by atoms with E-state index >= 15 is 0 Å². The van der Waals surface area contributed by atoms with Crippen LogP contribution in [0.15, 0.2) is 109 Å². The first-order valence-corrected chi connectivity index (χ1v) is 20.2. The Balaban J connectivity index is 1.29. The zero-order valence-electron chi connectivity index (χ0n) is 29.3. The number of aliphatic hydroxyl groups is 1. The monoisotopic (exact) mass is 690 g/mol. The lowest BCUT2D eigenvalue weighted by atomic mass is 9.86. The normalized spacial score (nSPS) is 18.4. The number of aromatic nitrogens is 3. The van der Waals surface area contributed by atoms with Crippen LogP contribution in [0.25, 0.3) is 0 Å². The molecule has 5 aromatic rings. The molecular formula is C40H46N4O5Si. The van der Waals surface area contributed by atoms with Crippen molar-refractivity contribution in [3.63, 3.8) is 0 Å². The molecule has 4 aromatic carbocycles. The van der Waals surface area contributed by atoms with Crippen LogP contribution in [0, 0.1) is 5.92 Å². The van der Waals surface area contributed by atoms with Gasteiger partial charge in [-0.3, -0.25) is 9.48 Å². The third-order valence-corrected chi connectivity index (χ3v) is 14.5. The van der Waals surface area contributed by atoms with E-state index in [1.165, 1.54) is 5.19 Å². The number of aliphatic hydroxyl groups excluding tert-OH is 1. The van der Waals surface area contributed by atoms with Crippen LogP contribution in [0.2, 0.25) is 18.6 Å². The van der Waals surface area contributed by atoms with Crippen LogP contribution in [-0.4, -0.2) is 61.0 Å². The molecule has 10 heteroatoms. The fourth-order valence-corrected chi connectivity index (χ4v) is 10.8. The average Bonchev–Trinajstić information content (AvgIpc) is 3.61. The van der Waals surface area contributed by atoms with Gasteiger partial charge in [0.25, 0.3) is 5.91 Å². The van der Waals surface area contributed by atoms with Crippen molar-refractivity contribution in [3.8, 4) is 11.5 Å². The Morgan fingerprint density at radius 3 is 2.34 bits per heavy atom. The quantitative estimate of drug-likeness (QED) is 0.131. The number of nitrogens with one attached hydrogen (secondary N) is 1. The Labute approximate surface area is 295 Å². The molecule has 1 aromatic heterocycles. The Morgan fingerprint density at radius 2 is 1.68 bits per heavy atom. The molecule has 260 valence electrons. The van der Waals surface area contributed by atoms with Crippen LogP contribution >= 0.6 is 0 Å². The van der Waals surface area contributed by atoms with E-state index in [1.54, 1.807) is 26.4 Å². The second kappa shape index (κ2) is 15.4. The number of carbonyl (C=O) groups is 1. The number of hydrogen-bond acceptors (Lipinski definition) is 7. The molecule has 0 bridgehead atoms. The van der Waals surface area contributed by atoms with E-state index < -0.39 is 8.07 Å². The maximum Gasteiger partial charge on any atom is 0.255 e. The summed E-state index contributed by atoms with van der Waals surface area (Å²) < 4.78 is 20.6. The first kappa shape index (κ1) is 35.1. The lowest BCUT2D eigenvalue weighted by Crippen LogP contribution is -2.54. The van der Waals surface area contributed by atoms with Gasteiger partial charge in [0.2, 0.25) is 0 Å². The summed E-state index contributed by atoms with van der Waals surface area (Å²) in [6.07, 6.45) is 2.36. The van der Waals surface area contributed by atoms with Gasteiger partial charge < -0.3 is 24.6 Å². The van der Waals surface area contributed by atoms with Crippen molar-refractivity contribution < 1.29 is 24.1 Å². The predicted octanol–water partition coefficient (Wildman–Crippen LogP) is 6.82. The summed E-state index contributed by atoms with van der Waals surface area (Å²) >= 11 is 0. The Morgan fingerprint density at radius 1 is 0.980 bits per heavy atom. The number of aryl methyl sites for hydroxylation is 1. The molecule has 2 N–H and O–H groups in total. The summed E-state index contributed by atoms with van der Waals surface area (Å²) in [7, 11) is 1.20. The van der Waals surface area contributed by atoms with Gasteiger partial charge in [-0.2, -0.15) is 0 Å². The van der Waals surface area contributed by atoms with Crippen molar-refractivity contribution in [3.05, 3.63) is 132 Å². The highest BCUT2D eigenvalue weighted by molar-refractivity contribution is 6.91. The Kier molecular flexibility index (Phi) is 10.8. The maximum atomic E-state index is 12.9. The molecule has 2 heterocycles. The summed E-state index contributed by atoms with van der Waals surface area (Å²) in [6, 6.07) is 33.4. The van der Waals surface area contributed by atoms with E-state index in [0.29, 0.717) is 17.8 Å². The van der Waals surface area contributed by atoms with Crippen LogP contribution in [0.5, 0.6) is 11.5 Å². The van der Waals surface area contributed by atoms with Crippen molar-refractivity contribution in [2.75, 3.05) is 26.1 Å². The van der Waals surface area contributed by atoms with Crippen molar-refractivity contribution in [2.45, 2.75) is 56.7 Å². The van der Waals surface area contributed by atoms with Gasteiger partial charge in [-0.15, -0.1) is 5.10 Å². The van der Waals surface area contributed by atoms with Crippen molar-refractivity contribution in [2.24, 2.45) is 5.92 Å². The van der Waals surface area contributed by atoms with E-state index in [0.717, 1.165) is 34.7 Å². The molecule has 1 aliphatic heterocycles. The largest absolute Gasteiger partial charge is 0.497 e. The van der Waals surface area contributed by atoms with Crippen LogP contribution in [0.4, 0.5) is 5.69 Å². The van der Waals surface area contributed by atoms with E-state index in [1.807, 2.05) is 89.7 Å². The van der Waals surface area contributed by atoms with Crippen molar-refractivity contribution in [1.29, 1.82) is 0 Å². The number of benzene rings is 4. The molecule has 0 aliphatic carbocycles. The molecule has 50 heavy (non-hydrogen) atoms. The van der Waals surface area contributed by atoms with Crippen molar-refractivity contribution >= 4 is 24.9 Å². The molecule has 1 aliphatic rings. The SMILES string of the molecule is COc1ccc([Si](C)(C)C(CCn2cc(C(CO)c3ccccc3)nn2)[C@H]2Oc3ccc(NC(=O)c4ccccc4)cc3[C@@H](OC)[C@@H]2C)cc1. The molecule has 0 saturated carbocycles. The standard InChI is InChI=1S/C40H46N4O5Si/c1-27-38(48-3)33-24-30(41-40(46)29-14-10-7-11-15-29)16-21-36(33)49-39(27)37(50(4,5)32-19-17-31(47-2)18-20-32)22-23-44-25-35(42-43-44)34(26-45)28-12-8-6-9-13-28/h6-21,24-25,27,34,37-39,45H,22-23,26H2,1-5H3,(H,41,46)/t27-,34?,37?,38-,39-/m0/s1. The first-order valence-electron chi connectivity index (χ1n) is 17.1. The minimum Gasteiger partial charge on any atom is -0.497 e. The van der Waals surface area contributed by atoms with Gasteiger partial charge in [0.1, 0.15) is 17.6 Å². The van der Waals surface area contributed by atoms with Gasteiger partial charge in [0, 0.05) is 42.6 Å². The molecular weight excluding hydrogens is 645 g/mol. The number of nitrogens with zero attached hydrogens (tertiary/aromatic N) is 3. The molecule has 9 nitrogen and oxygen atoms in total. The van der Waals surface area contributed by atoms with Crippen LogP contribution in [0.1, 0.15) is 52.5 Å². The highest BCUT2D eigenvalue weighted by Gasteiger charge is 2.47. The minimum absolute atomic E-state index is 0.00533.